The fraction of sp³-hybridized carbons (Fsp3) is 0.600. The second kappa shape index (κ2) is 14.0. The van der Waals surface area contributed by atoms with E-state index in [2.05, 4.69) is 15.2 Å². The van der Waals surface area contributed by atoms with Crippen molar-refractivity contribution in [1.29, 1.82) is 0 Å². The molecule has 0 aromatic heterocycles. The molecule has 1 N–H and O–H groups in total. The van der Waals surface area contributed by atoms with E-state index in [4.69, 9.17) is 16.3 Å². The lowest BCUT2D eigenvalue weighted by atomic mass is 10.1. The Balaban J connectivity index is 0.00000392. The maximum atomic E-state index is 12.5. The number of nitrogens with zero attached hydrogens (tertiary/aromatic N) is 3. The maximum Gasteiger partial charge on any atom is 0.227 e. The van der Waals surface area contributed by atoms with Crippen LogP contribution in [0, 0.1) is 0 Å². The van der Waals surface area contributed by atoms with Gasteiger partial charge in [0.2, 0.25) is 5.91 Å². The third kappa shape index (κ3) is 8.53. The molecule has 0 aliphatic carbocycles. The van der Waals surface area contributed by atoms with Crippen LogP contribution in [0.5, 0.6) is 0 Å². The van der Waals surface area contributed by atoms with Crippen LogP contribution in [0.2, 0.25) is 5.02 Å². The minimum Gasteiger partial charge on any atom is -0.382 e. The molecule has 6 nitrogen and oxygen atoms in total. The third-order valence-corrected chi connectivity index (χ3v) is 4.83. The summed E-state index contributed by atoms with van der Waals surface area (Å²) in [6, 6.07) is 7.50. The van der Waals surface area contributed by atoms with E-state index in [0.717, 1.165) is 57.2 Å². The van der Waals surface area contributed by atoms with Crippen LogP contribution in [-0.2, 0) is 16.0 Å². The number of rotatable bonds is 8. The van der Waals surface area contributed by atoms with Crippen molar-refractivity contribution in [2.45, 2.75) is 26.2 Å². The fourth-order valence-corrected chi connectivity index (χ4v) is 3.32. The Morgan fingerprint density at radius 1 is 1.21 bits per heavy atom. The Morgan fingerprint density at radius 3 is 2.57 bits per heavy atom. The van der Waals surface area contributed by atoms with Crippen LogP contribution in [-0.4, -0.2) is 74.7 Å². The zero-order chi connectivity index (χ0) is 19.5. The van der Waals surface area contributed by atoms with Crippen LogP contribution in [0.25, 0.3) is 0 Å². The standard InChI is InChI=1S/C20H31ClN4O2.HI/c1-3-27-14-5-4-9-23-20(22-2)25-12-10-24(11-13-25)19(26)16-17-7-6-8-18(21)15-17;/h6-8,15H,3-5,9-14,16H2,1-2H3,(H,22,23);1H. The molecule has 0 unspecified atom stereocenters. The van der Waals surface area contributed by atoms with E-state index in [-0.39, 0.29) is 29.9 Å². The van der Waals surface area contributed by atoms with Crippen LogP contribution in [0.1, 0.15) is 25.3 Å². The number of benzene rings is 1. The minimum atomic E-state index is 0. The number of halogens is 2. The molecule has 158 valence electrons. The Kier molecular flexibility index (Phi) is 12.5. The first-order chi connectivity index (χ1) is 13.1. The number of amides is 1. The summed E-state index contributed by atoms with van der Waals surface area (Å²) in [5, 5.41) is 4.08. The lowest BCUT2D eigenvalue weighted by Crippen LogP contribution is -2.54. The van der Waals surface area contributed by atoms with Crippen molar-refractivity contribution in [2.24, 2.45) is 4.99 Å². The third-order valence-electron chi connectivity index (χ3n) is 4.59. The summed E-state index contributed by atoms with van der Waals surface area (Å²) < 4.78 is 5.35. The van der Waals surface area contributed by atoms with Gasteiger partial charge in [-0.25, -0.2) is 0 Å². The topological polar surface area (TPSA) is 57.2 Å². The first-order valence-electron chi connectivity index (χ1n) is 9.69. The van der Waals surface area contributed by atoms with E-state index in [0.29, 0.717) is 24.5 Å². The minimum absolute atomic E-state index is 0. The van der Waals surface area contributed by atoms with Crippen LogP contribution in [0.15, 0.2) is 29.3 Å². The highest BCUT2D eigenvalue weighted by atomic mass is 127. The molecule has 1 fully saturated rings. The molecule has 0 bridgehead atoms. The first kappa shape index (κ1) is 25.0. The van der Waals surface area contributed by atoms with Gasteiger partial charge in [-0.1, -0.05) is 23.7 Å². The van der Waals surface area contributed by atoms with Gasteiger partial charge in [0.1, 0.15) is 0 Å². The van der Waals surface area contributed by atoms with Gasteiger partial charge >= 0.3 is 0 Å². The summed E-state index contributed by atoms with van der Waals surface area (Å²) in [4.78, 5) is 21.0. The number of carbonyl (C=O) groups excluding carboxylic acids is 1. The van der Waals surface area contributed by atoms with Gasteiger partial charge in [0.25, 0.3) is 0 Å². The van der Waals surface area contributed by atoms with Crippen LogP contribution in [0.3, 0.4) is 0 Å². The van der Waals surface area contributed by atoms with E-state index >= 15 is 0 Å². The molecule has 28 heavy (non-hydrogen) atoms. The zero-order valence-electron chi connectivity index (χ0n) is 16.8. The summed E-state index contributed by atoms with van der Waals surface area (Å²) in [6.07, 6.45) is 2.49. The molecule has 1 heterocycles. The molecule has 1 aliphatic rings. The second-order valence-corrected chi connectivity index (χ2v) is 6.99. The van der Waals surface area contributed by atoms with Crippen LogP contribution < -0.4 is 5.32 Å². The molecule has 1 saturated heterocycles. The molecule has 0 atom stereocenters. The summed E-state index contributed by atoms with van der Waals surface area (Å²) in [5.41, 5.74) is 0.958. The number of ether oxygens (including phenoxy) is 1. The van der Waals surface area contributed by atoms with Gasteiger partial charge in [0, 0.05) is 58.0 Å². The smallest absolute Gasteiger partial charge is 0.227 e. The van der Waals surface area contributed by atoms with Crippen molar-refractivity contribution < 1.29 is 9.53 Å². The molecule has 0 radical (unpaired) electrons. The van der Waals surface area contributed by atoms with E-state index in [9.17, 15) is 4.79 Å². The first-order valence-corrected chi connectivity index (χ1v) is 10.1. The van der Waals surface area contributed by atoms with E-state index in [1.165, 1.54) is 0 Å². The van der Waals surface area contributed by atoms with Gasteiger partial charge in [0.15, 0.2) is 5.96 Å². The number of piperazine rings is 1. The number of nitrogens with one attached hydrogen (secondary N) is 1. The number of hydrogen-bond acceptors (Lipinski definition) is 3. The predicted octanol–water partition coefficient (Wildman–Crippen LogP) is 3.04. The average Bonchev–Trinajstić information content (AvgIpc) is 2.68. The molecule has 1 aromatic carbocycles. The Bertz CT molecular complexity index is 622. The fourth-order valence-electron chi connectivity index (χ4n) is 3.11. The molecule has 0 spiro atoms. The lowest BCUT2D eigenvalue weighted by molar-refractivity contribution is -0.131. The molecule has 2 rings (SSSR count). The Hall–Kier alpha value is -1.06. The lowest BCUT2D eigenvalue weighted by Gasteiger charge is -2.36. The van der Waals surface area contributed by atoms with Gasteiger partial charge in [-0.2, -0.15) is 0 Å². The Labute approximate surface area is 190 Å². The summed E-state index contributed by atoms with van der Waals surface area (Å²) in [5.74, 6) is 1.06. The average molecular weight is 523 g/mol. The van der Waals surface area contributed by atoms with Crippen molar-refractivity contribution in [2.75, 3.05) is 53.0 Å². The van der Waals surface area contributed by atoms with Crippen molar-refractivity contribution in [3.05, 3.63) is 34.9 Å². The molecular formula is C20H32ClIN4O2. The highest BCUT2D eigenvalue weighted by Crippen LogP contribution is 2.13. The number of guanidine groups is 1. The van der Waals surface area contributed by atoms with Gasteiger partial charge < -0.3 is 19.9 Å². The zero-order valence-corrected chi connectivity index (χ0v) is 19.9. The van der Waals surface area contributed by atoms with Crippen molar-refractivity contribution in [3.63, 3.8) is 0 Å². The largest absolute Gasteiger partial charge is 0.382 e. The highest BCUT2D eigenvalue weighted by Gasteiger charge is 2.22. The normalized spacial score (nSPS) is 14.6. The molecule has 1 aliphatic heterocycles. The van der Waals surface area contributed by atoms with Gasteiger partial charge in [0.05, 0.1) is 6.42 Å². The van der Waals surface area contributed by atoms with Crippen molar-refractivity contribution in [3.8, 4) is 0 Å². The van der Waals surface area contributed by atoms with E-state index in [1.807, 2.05) is 36.1 Å². The van der Waals surface area contributed by atoms with Gasteiger partial charge in [-0.05, 0) is 37.5 Å². The molecule has 8 heteroatoms. The maximum absolute atomic E-state index is 12.5. The van der Waals surface area contributed by atoms with Gasteiger partial charge in [-0.15, -0.1) is 24.0 Å². The van der Waals surface area contributed by atoms with Crippen LogP contribution in [0.4, 0.5) is 0 Å². The number of carbonyl (C=O) groups is 1. The quantitative estimate of drug-likeness (QED) is 0.247. The number of hydrogen-bond donors (Lipinski definition) is 1. The van der Waals surface area contributed by atoms with E-state index < -0.39 is 0 Å². The van der Waals surface area contributed by atoms with Crippen molar-refractivity contribution in [1.82, 2.24) is 15.1 Å². The van der Waals surface area contributed by atoms with E-state index in [1.54, 1.807) is 7.05 Å². The molecule has 1 amide bonds. The number of aliphatic imine (C=N–C) groups is 1. The van der Waals surface area contributed by atoms with Crippen molar-refractivity contribution >= 4 is 47.4 Å². The highest BCUT2D eigenvalue weighted by molar-refractivity contribution is 14.0. The number of unbranched alkanes of at least 4 members (excludes halogenated alkanes) is 1. The summed E-state index contributed by atoms with van der Waals surface area (Å²) in [6.45, 7) is 7.49. The second-order valence-electron chi connectivity index (χ2n) is 6.55. The SMILES string of the molecule is CCOCCCCNC(=NC)N1CCN(C(=O)Cc2cccc(Cl)c2)CC1.I. The summed E-state index contributed by atoms with van der Waals surface area (Å²) >= 11 is 6.00. The predicted molar refractivity (Wildman–Crippen MR) is 126 cm³/mol. The van der Waals surface area contributed by atoms with Gasteiger partial charge in [-0.3, -0.25) is 9.79 Å². The Morgan fingerprint density at radius 2 is 1.93 bits per heavy atom. The molecule has 0 saturated carbocycles. The van der Waals surface area contributed by atoms with Crippen LogP contribution >= 0.6 is 35.6 Å². The molecule has 1 aromatic rings. The molecular weight excluding hydrogens is 491 g/mol. The monoisotopic (exact) mass is 522 g/mol. The summed E-state index contributed by atoms with van der Waals surface area (Å²) in [7, 11) is 1.80.